The van der Waals surface area contributed by atoms with Crippen LogP contribution in [0.2, 0.25) is 0 Å². The van der Waals surface area contributed by atoms with Gasteiger partial charge in [0.1, 0.15) is 0 Å². The Labute approximate surface area is 199 Å². The van der Waals surface area contributed by atoms with Gasteiger partial charge in [-0.25, -0.2) is 0 Å². The van der Waals surface area contributed by atoms with Crippen LogP contribution in [0.4, 0.5) is 0 Å². The molecule has 0 heterocycles. The Morgan fingerprint density at radius 3 is 2.34 bits per heavy atom. The number of rotatable bonds is 9. The van der Waals surface area contributed by atoms with Crippen molar-refractivity contribution in [3.05, 3.63) is 145 Å². The molecule has 0 aliphatic heterocycles. The molecule has 166 valence electrons. The monoisotopic (exact) mass is 441 g/mol. The largest absolute Gasteiger partial charge is 0.255 e. The lowest BCUT2D eigenvalue weighted by Gasteiger charge is -2.11. The van der Waals surface area contributed by atoms with Crippen LogP contribution in [0.5, 0.6) is 0 Å². The van der Waals surface area contributed by atoms with E-state index in [2.05, 4.69) is 71.5 Å². The van der Waals surface area contributed by atoms with Gasteiger partial charge in [0, 0.05) is 21.6 Å². The highest BCUT2D eigenvalue weighted by Gasteiger charge is 2.11. The van der Waals surface area contributed by atoms with Gasteiger partial charge in [0.25, 0.3) is 0 Å². The number of hydrogen-bond acceptors (Lipinski definition) is 2. The fourth-order valence-corrected chi connectivity index (χ4v) is 3.30. The lowest BCUT2D eigenvalue weighted by atomic mass is 10.0. The van der Waals surface area contributed by atoms with Crippen LogP contribution >= 0.6 is 11.8 Å². The van der Waals surface area contributed by atoms with E-state index in [-0.39, 0.29) is 11.8 Å². The summed E-state index contributed by atoms with van der Waals surface area (Å²) in [6.45, 7) is 30.7. The average molecular weight is 442 g/mol. The van der Waals surface area contributed by atoms with E-state index in [1.807, 2.05) is 49.5 Å². The van der Waals surface area contributed by atoms with E-state index in [4.69, 9.17) is 4.99 Å². The van der Waals surface area contributed by atoms with E-state index in [9.17, 15) is 0 Å². The minimum atomic E-state index is 0.242. The molecule has 0 N–H and O–H groups in total. The average Bonchev–Trinajstić information content (AvgIpc) is 2.78. The van der Waals surface area contributed by atoms with Crippen molar-refractivity contribution in [2.24, 2.45) is 16.8 Å². The van der Waals surface area contributed by atoms with Crippen molar-refractivity contribution in [3.63, 3.8) is 0 Å². The molecule has 2 atom stereocenters. The first-order chi connectivity index (χ1) is 15.2. The van der Waals surface area contributed by atoms with Gasteiger partial charge in [0.15, 0.2) is 0 Å². The van der Waals surface area contributed by atoms with E-state index in [0.29, 0.717) is 0 Å². The fraction of sp³-hybridized carbons (Fsp3) is 0.167. The molecule has 0 aromatic carbocycles. The Bertz CT molecular complexity index is 986. The third-order valence-electron chi connectivity index (χ3n) is 4.62. The molecule has 2 heteroatoms. The highest BCUT2D eigenvalue weighted by molar-refractivity contribution is 8.07. The summed E-state index contributed by atoms with van der Waals surface area (Å²) in [5.74, 6) is 0.529. The molecule has 1 nitrogen and oxygen atoms in total. The molecule has 1 aliphatic carbocycles. The predicted octanol–water partition coefficient (Wildman–Crippen LogP) is 9.01. The highest BCUT2D eigenvalue weighted by atomic mass is 32.2. The summed E-state index contributed by atoms with van der Waals surface area (Å²) in [6, 6.07) is 0. The van der Waals surface area contributed by atoms with Crippen molar-refractivity contribution in [2.45, 2.75) is 20.8 Å². The second kappa shape index (κ2) is 14.1. The van der Waals surface area contributed by atoms with E-state index >= 15 is 0 Å². The van der Waals surface area contributed by atoms with Crippen LogP contribution in [-0.2, 0) is 0 Å². The number of aliphatic imine (C=N–C) groups is 1. The Morgan fingerprint density at radius 1 is 1.06 bits per heavy atom. The molecule has 0 aromatic rings. The molecular weight excluding hydrogens is 406 g/mol. The molecule has 0 saturated heterocycles. The van der Waals surface area contributed by atoms with Gasteiger partial charge in [-0.05, 0) is 47.6 Å². The standard InChI is InChI=1S/C30H35NS/c1-10-12-25(6)26(7)19-20-31-30(28(9)32-27(8)11-2)29-18-17-23(4)14-13-22(3)15-16-24(5)21-29/h10-22,25H,2,4-5,7-9H2,1,3,6H3/b12-10-,14-13-,16-15-,18-17-,20-19-,29-21+,31-30+. The van der Waals surface area contributed by atoms with Gasteiger partial charge in [-0.3, -0.25) is 4.99 Å². The lowest BCUT2D eigenvalue weighted by Crippen LogP contribution is -2.03. The smallest absolute Gasteiger partial charge is 0.0835 e. The highest BCUT2D eigenvalue weighted by Crippen LogP contribution is 2.28. The van der Waals surface area contributed by atoms with Gasteiger partial charge in [-0.1, -0.05) is 120 Å². The predicted molar refractivity (Wildman–Crippen MR) is 149 cm³/mol. The molecule has 0 radical (unpaired) electrons. The van der Waals surface area contributed by atoms with E-state index in [1.54, 1.807) is 12.3 Å². The fourth-order valence-electron chi connectivity index (χ4n) is 2.64. The topological polar surface area (TPSA) is 12.4 Å². The van der Waals surface area contributed by atoms with Gasteiger partial charge >= 0.3 is 0 Å². The number of allylic oxidation sites excluding steroid dienone is 16. The van der Waals surface area contributed by atoms with Gasteiger partial charge in [0.05, 0.1) is 5.71 Å². The molecule has 2 unspecified atom stereocenters. The van der Waals surface area contributed by atoms with Crippen molar-refractivity contribution in [2.75, 3.05) is 0 Å². The Morgan fingerprint density at radius 2 is 1.72 bits per heavy atom. The molecule has 0 bridgehead atoms. The molecule has 0 fully saturated rings. The summed E-state index contributed by atoms with van der Waals surface area (Å²) in [6.07, 6.45) is 23.8. The minimum Gasteiger partial charge on any atom is -0.255 e. The summed E-state index contributed by atoms with van der Waals surface area (Å²) in [5.41, 5.74) is 4.37. The maximum absolute atomic E-state index is 4.76. The summed E-state index contributed by atoms with van der Waals surface area (Å²) < 4.78 is 0. The van der Waals surface area contributed by atoms with E-state index in [1.165, 1.54) is 11.8 Å². The van der Waals surface area contributed by atoms with Gasteiger partial charge in [0.2, 0.25) is 0 Å². The van der Waals surface area contributed by atoms with Crippen molar-refractivity contribution in [3.8, 4) is 0 Å². The molecule has 0 saturated carbocycles. The Hall–Kier alpha value is -3.10. The first-order valence-corrected chi connectivity index (χ1v) is 11.4. The molecule has 32 heavy (non-hydrogen) atoms. The molecule has 0 spiro atoms. The number of hydrogen-bond donors (Lipinski definition) is 0. The third-order valence-corrected chi connectivity index (χ3v) is 5.49. The van der Waals surface area contributed by atoms with E-state index in [0.717, 1.165) is 37.8 Å². The zero-order valence-corrected chi connectivity index (χ0v) is 20.5. The van der Waals surface area contributed by atoms with Crippen molar-refractivity contribution in [1.82, 2.24) is 0 Å². The minimum absolute atomic E-state index is 0.242. The van der Waals surface area contributed by atoms with Crippen LogP contribution < -0.4 is 0 Å². The second-order valence-corrected chi connectivity index (χ2v) is 8.76. The first kappa shape index (κ1) is 26.9. The van der Waals surface area contributed by atoms with Crippen LogP contribution in [0.15, 0.2) is 150 Å². The Balaban J connectivity index is 3.47. The van der Waals surface area contributed by atoms with Crippen LogP contribution in [0.1, 0.15) is 20.8 Å². The summed E-state index contributed by atoms with van der Waals surface area (Å²) in [5, 5.41) is 0. The molecule has 0 amide bonds. The number of nitrogens with zero attached hydrogens (tertiary/aromatic N) is 1. The normalized spacial score (nSPS) is 23.2. The van der Waals surface area contributed by atoms with Gasteiger partial charge in [-0.2, -0.15) is 0 Å². The van der Waals surface area contributed by atoms with Crippen molar-refractivity contribution >= 4 is 17.5 Å². The molecule has 1 rings (SSSR count). The third kappa shape index (κ3) is 9.80. The summed E-state index contributed by atoms with van der Waals surface area (Å²) in [7, 11) is 0. The SMILES string of the molecule is C=CC(=C)SC(=C)C(=N\C=C/C(=C)C(C)/C=C\C)/C1=C/C(=C)/C=C\C(C)/C=C\C(=C)/C=C\1. The van der Waals surface area contributed by atoms with Crippen LogP contribution in [0.25, 0.3) is 0 Å². The Kier molecular flexibility index (Phi) is 11.8. The molecular formula is C30H35NS. The quantitative estimate of drug-likeness (QED) is 0.197. The van der Waals surface area contributed by atoms with E-state index < -0.39 is 0 Å². The van der Waals surface area contributed by atoms with Crippen LogP contribution in [0, 0.1) is 11.8 Å². The van der Waals surface area contributed by atoms with Gasteiger partial charge < -0.3 is 0 Å². The number of thioether (sulfide) groups is 1. The van der Waals surface area contributed by atoms with Crippen molar-refractivity contribution in [1.29, 1.82) is 0 Å². The van der Waals surface area contributed by atoms with Crippen LogP contribution in [0.3, 0.4) is 0 Å². The van der Waals surface area contributed by atoms with Crippen molar-refractivity contribution < 1.29 is 0 Å². The lowest BCUT2D eigenvalue weighted by molar-refractivity contribution is 0.893. The zero-order valence-electron chi connectivity index (χ0n) is 19.7. The first-order valence-electron chi connectivity index (χ1n) is 10.6. The van der Waals surface area contributed by atoms with Gasteiger partial charge in [-0.15, -0.1) is 0 Å². The second-order valence-electron chi connectivity index (χ2n) is 7.54. The molecule has 0 aromatic heterocycles. The maximum atomic E-state index is 4.76. The summed E-state index contributed by atoms with van der Waals surface area (Å²) >= 11 is 1.44. The molecule has 1 aliphatic rings. The maximum Gasteiger partial charge on any atom is 0.0835 e. The summed E-state index contributed by atoms with van der Waals surface area (Å²) in [4.78, 5) is 6.34. The zero-order chi connectivity index (χ0) is 24.1. The van der Waals surface area contributed by atoms with Crippen LogP contribution in [-0.4, -0.2) is 5.71 Å².